The summed E-state index contributed by atoms with van der Waals surface area (Å²) in [6, 6.07) is 0.341. The highest BCUT2D eigenvalue weighted by Gasteiger charge is 2.24. The van der Waals surface area contributed by atoms with E-state index in [2.05, 4.69) is 16.2 Å². The smallest absolute Gasteiger partial charge is 0.312 e. The van der Waals surface area contributed by atoms with Crippen LogP contribution in [-0.2, 0) is 17.6 Å². The number of hydrazine groups is 1. The largest absolute Gasteiger partial charge is 0.352 e. The molecule has 1 heterocycles. The van der Waals surface area contributed by atoms with Crippen LogP contribution < -0.4 is 21.9 Å². The van der Waals surface area contributed by atoms with E-state index in [0.29, 0.717) is 4.88 Å². The number of hydrogen-bond acceptors (Lipinski definition) is 4. The molecule has 1 atom stereocenters. The van der Waals surface area contributed by atoms with Gasteiger partial charge < -0.3 is 11.1 Å². The normalized spacial score (nSPS) is 15.5. The predicted molar refractivity (Wildman–Crippen MR) is 97.1 cm³/mol. The average molecular weight is 366 g/mol. The lowest BCUT2D eigenvalue weighted by Gasteiger charge is -2.20. The highest BCUT2D eigenvalue weighted by Crippen LogP contribution is 2.28. The summed E-state index contributed by atoms with van der Waals surface area (Å²) >= 11 is 1.49. The van der Waals surface area contributed by atoms with Gasteiger partial charge in [0.25, 0.3) is 11.8 Å². The first-order chi connectivity index (χ1) is 11.9. The van der Waals surface area contributed by atoms with Crippen molar-refractivity contribution in [3.05, 3.63) is 21.4 Å². The van der Waals surface area contributed by atoms with Gasteiger partial charge in [0, 0.05) is 4.88 Å². The van der Waals surface area contributed by atoms with E-state index in [9.17, 15) is 14.4 Å². The maximum atomic E-state index is 12.3. The topological polar surface area (TPSA) is 113 Å². The molecule has 7 nitrogen and oxygen atoms in total. The van der Waals surface area contributed by atoms with E-state index in [4.69, 9.17) is 5.73 Å². The van der Waals surface area contributed by atoms with E-state index in [1.54, 1.807) is 13.8 Å². The third kappa shape index (κ3) is 5.45. The van der Waals surface area contributed by atoms with E-state index >= 15 is 0 Å². The molecule has 1 aromatic heterocycles. The molecule has 1 aromatic rings. The summed E-state index contributed by atoms with van der Waals surface area (Å²) in [5, 5.41) is 2.37. The van der Waals surface area contributed by atoms with E-state index in [1.807, 2.05) is 6.07 Å². The number of fused-ring (bicyclic) bond motifs is 1. The summed E-state index contributed by atoms with van der Waals surface area (Å²) in [6.45, 7) is 3.56. The Labute approximate surface area is 151 Å². The van der Waals surface area contributed by atoms with Crippen LogP contribution in [0.15, 0.2) is 6.07 Å². The van der Waals surface area contributed by atoms with Gasteiger partial charge in [-0.3, -0.25) is 20.4 Å². The SMILES string of the molecule is CC(C)C(NC(N)=O)C(=O)NNC(=O)c1cc2c(s1)CCCCCC2. The first-order valence-corrected chi connectivity index (χ1v) is 9.48. The third-order valence-corrected chi connectivity index (χ3v) is 5.50. The molecule has 5 N–H and O–H groups in total. The number of carbonyl (C=O) groups excluding carboxylic acids is 3. The van der Waals surface area contributed by atoms with E-state index in [1.165, 1.54) is 34.6 Å². The molecule has 0 bridgehead atoms. The van der Waals surface area contributed by atoms with Gasteiger partial charge >= 0.3 is 6.03 Å². The Morgan fingerprint density at radius 2 is 1.76 bits per heavy atom. The fraction of sp³-hybridized carbons (Fsp3) is 0.588. The Morgan fingerprint density at radius 3 is 2.40 bits per heavy atom. The minimum absolute atomic E-state index is 0.161. The van der Waals surface area contributed by atoms with Crippen molar-refractivity contribution in [1.82, 2.24) is 16.2 Å². The van der Waals surface area contributed by atoms with Crippen LogP contribution in [0, 0.1) is 5.92 Å². The van der Waals surface area contributed by atoms with Gasteiger partial charge in [-0.1, -0.05) is 26.7 Å². The molecular weight excluding hydrogens is 340 g/mol. The molecule has 1 unspecified atom stereocenters. The summed E-state index contributed by atoms with van der Waals surface area (Å²) in [5.74, 6) is -1.00. The average Bonchev–Trinajstić information content (AvgIpc) is 2.91. The standard InChI is InChI=1S/C17H26N4O3S/c1-10(2)14(19-17(18)24)16(23)21-20-15(22)13-9-11-7-5-3-4-6-8-12(11)25-13/h9-10,14H,3-8H2,1-2H3,(H,20,22)(H,21,23)(H3,18,19,24). The van der Waals surface area contributed by atoms with Gasteiger partial charge in [0.15, 0.2) is 0 Å². The lowest BCUT2D eigenvalue weighted by molar-refractivity contribution is -0.124. The monoisotopic (exact) mass is 366 g/mol. The molecule has 138 valence electrons. The maximum Gasteiger partial charge on any atom is 0.312 e. The molecule has 0 aliphatic heterocycles. The number of thiophene rings is 1. The first kappa shape index (κ1) is 19.2. The van der Waals surface area contributed by atoms with Crippen molar-refractivity contribution in [3.8, 4) is 0 Å². The lowest BCUT2D eigenvalue weighted by atomic mass is 10.00. The van der Waals surface area contributed by atoms with Gasteiger partial charge in [0.1, 0.15) is 6.04 Å². The van der Waals surface area contributed by atoms with Crippen LogP contribution in [0.25, 0.3) is 0 Å². The fourth-order valence-corrected chi connectivity index (χ4v) is 4.05. The van der Waals surface area contributed by atoms with Crippen LogP contribution in [0.4, 0.5) is 4.79 Å². The number of amides is 4. The molecule has 4 amide bonds. The van der Waals surface area contributed by atoms with Crippen molar-refractivity contribution in [2.75, 3.05) is 0 Å². The van der Waals surface area contributed by atoms with Crippen molar-refractivity contribution in [3.63, 3.8) is 0 Å². The molecule has 0 radical (unpaired) electrons. The van der Waals surface area contributed by atoms with Gasteiger partial charge in [-0.05, 0) is 43.2 Å². The predicted octanol–water partition coefficient (Wildman–Crippen LogP) is 1.86. The molecule has 0 saturated carbocycles. The van der Waals surface area contributed by atoms with Crippen molar-refractivity contribution < 1.29 is 14.4 Å². The minimum Gasteiger partial charge on any atom is -0.352 e. The Bertz CT molecular complexity index is 616. The number of aryl methyl sites for hydroxylation is 2. The van der Waals surface area contributed by atoms with Gasteiger partial charge in [0.05, 0.1) is 4.88 Å². The molecule has 0 aromatic carbocycles. The van der Waals surface area contributed by atoms with Gasteiger partial charge in [-0.2, -0.15) is 0 Å². The van der Waals surface area contributed by atoms with Crippen molar-refractivity contribution in [1.29, 1.82) is 0 Å². The molecule has 0 saturated heterocycles. The van der Waals surface area contributed by atoms with Crippen LogP contribution in [0.5, 0.6) is 0 Å². The van der Waals surface area contributed by atoms with Crippen molar-refractivity contribution in [2.24, 2.45) is 11.7 Å². The van der Waals surface area contributed by atoms with Gasteiger partial charge in [0.2, 0.25) is 0 Å². The third-order valence-electron chi connectivity index (χ3n) is 4.27. The second kappa shape index (κ2) is 8.84. The Morgan fingerprint density at radius 1 is 1.08 bits per heavy atom. The molecule has 0 fully saturated rings. The quantitative estimate of drug-likeness (QED) is 0.610. The Hall–Kier alpha value is -2.09. The van der Waals surface area contributed by atoms with Gasteiger partial charge in [-0.15, -0.1) is 11.3 Å². The summed E-state index contributed by atoms with van der Waals surface area (Å²) in [7, 11) is 0. The van der Waals surface area contributed by atoms with E-state index in [0.717, 1.165) is 25.7 Å². The number of urea groups is 1. The highest BCUT2D eigenvalue weighted by molar-refractivity contribution is 7.14. The molecule has 25 heavy (non-hydrogen) atoms. The fourth-order valence-electron chi connectivity index (χ4n) is 2.90. The summed E-state index contributed by atoms with van der Waals surface area (Å²) in [5.41, 5.74) is 11.1. The Balaban J connectivity index is 1.96. The van der Waals surface area contributed by atoms with E-state index < -0.39 is 18.0 Å². The van der Waals surface area contributed by atoms with Crippen LogP contribution in [0.1, 0.15) is 59.6 Å². The molecule has 2 rings (SSSR count). The first-order valence-electron chi connectivity index (χ1n) is 8.66. The molecule has 1 aliphatic carbocycles. The van der Waals surface area contributed by atoms with Crippen LogP contribution in [0.3, 0.4) is 0 Å². The molecule has 0 spiro atoms. The second-order valence-electron chi connectivity index (χ2n) is 6.65. The highest BCUT2D eigenvalue weighted by atomic mass is 32.1. The zero-order chi connectivity index (χ0) is 18.4. The van der Waals surface area contributed by atoms with Crippen LogP contribution in [0.2, 0.25) is 0 Å². The number of carbonyl (C=O) groups is 3. The van der Waals surface area contributed by atoms with E-state index in [-0.39, 0.29) is 11.8 Å². The Kier molecular flexibility index (Phi) is 6.81. The van der Waals surface area contributed by atoms with Crippen LogP contribution >= 0.6 is 11.3 Å². The number of rotatable bonds is 4. The summed E-state index contributed by atoms with van der Waals surface area (Å²) in [6.07, 6.45) is 6.78. The number of primary amides is 1. The molecule has 8 heteroatoms. The number of hydrogen-bond donors (Lipinski definition) is 4. The van der Waals surface area contributed by atoms with Crippen molar-refractivity contribution >= 4 is 29.2 Å². The zero-order valence-corrected chi connectivity index (χ0v) is 15.5. The van der Waals surface area contributed by atoms with Gasteiger partial charge in [-0.25, -0.2) is 4.79 Å². The summed E-state index contributed by atoms with van der Waals surface area (Å²) in [4.78, 5) is 37.3. The zero-order valence-electron chi connectivity index (χ0n) is 14.7. The van der Waals surface area contributed by atoms with Crippen LogP contribution in [-0.4, -0.2) is 23.9 Å². The lowest BCUT2D eigenvalue weighted by Crippen LogP contribution is -2.55. The summed E-state index contributed by atoms with van der Waals surface area (Å²) < 4.78 is 0. The molecule has 1 aliphatic rings. The number of nitrogens with two attached hydrogens (primary N) is 1. The maximum absolute atomic E-state index is 12.3. The van der Waals surface area contributed by atoms with Crippen molar-refractivity contribution in [2.45, 2.75) is 58.4 Å². The second-order valence-corrected chi connectivity index (χ2v) is 7.78. The number of nitrogens with one attached hydrogen (secondary N) is 3. The minimum atomic E-state index is -0.804. The molecular formula is C17H26N4O3S.